The Balaban J connectivity index is 1.53. The first-order chi connectivity index (χ1) is 17.0. The summed E-state index contributed by atoms with van der Waals surface area (Å²) in [6.45, 7) is 0. The number of fused-ring (bicyclic) bond motifs is 2. The predicted octanol–water partition coefficient (Wildman–Crippen LogP) is 5.45. The van der Waals surface area contributed by atoms with Gasteiger partial charge in [0, 0.05) is 41.1 Å². The molecule has 0 bridgehead atoms. The minimum absolute atomic E-state index is 0.0327. The number of aromatic nitrogens is 1. The lowest BCUT2D eigenvalue weighted by Crippen LogP contribution is -2.38. The van der Waals surface area contributed by atoms with Crippen molar-refractivity contribution in [1.29, 1.82) is 0 Å². The van der Waals surface area contributed by atoms with Crippen LogP contribution in [-0.2, 0) is 11.8 Å². The van der Waals surface area contributed by atoms with E-state index in [1.54, 1.807) is 24.1 Å². The number of methoxy groups -OCH3 is 1. The molecule has 2 aliphatic rings. The van der Waals surface area contributed by atoms with Crippen LogP contribution >= 0.6 is 0 Å². The second-order valence-electron chi connectivity index (χ2n) is 9.35. The number of aliphatic hydroxyl groups excluding tert-OH is 1. The zero-order valence-electron chi connectivity index (χ0n) is 19.7. The van der Waals surface area contributed by atoms with Crippen molar-refractivity contribution in [2.75, 3.05) is 7.11 Å². The number of ether oxygens (including phenoxy) is 1. The first-order valence-corrected chi connectivity index (χ1v) is 11.9. The molecule has 0 spiro atoms. The summed E-state index contributed by atoms with van der Waals surface area (Å²) >= 11 is 0. The molecular formula is C28H26N2O5. The zero-order chi connectivity index (χ0) is 24.3. The lowest BCUT2D eigenvalue weighted by atomic mass is 9.93. The largest absolute Gasteiger partial charge is 0.503 e. The van der Waals surface area contributed by atoms with Crippen LogP contribution in [0.3, 0.4) is 0 Å². The molecule has 4 aromatic rings. The molecule has 0 radical (unpaired) electrons. The topological polar surface area (TPSA) is 84.9 Å². The van der Waals surface area contributed by atoms with Gasteiger partial charge >= 0.3 is 0 Å². The number of ketones is 1. The van der Waals surface area contributed by atoms with Crippen molar-refractivity contribution < 1.29 is 23.8 Å². The second kappa shape index (κ2) is 8.05. The molecule has 2 aromatic heterocycles. The van der Waals surface area contributed by atoms with Gasteiger partial charge in [-0.05, 0) is 31.0 Å². The van der Waals surface area contributed by atoms with Crippen molar-refractivity contribution in [3.05, 3.63) is 77.4 Å². The van der Waals surface area contributed by atoms with Crippen LogP contribution in [0, 0.1) is 0 Å². The van der Waals surface area contributed by atoms with Gasteiger partial charge in [-0.25, -0.2) is 0 Å². The highest BCUT2D eigenvalue weighted by Gasteiger charge is 2.48. The number of carbonyl (C=O) groups is 2. The van der Waals surface area contributed by atoms with Gasteiger partial charge in [0.2, 0.25) is 5.78 Å². The minimum Gasteiger partial charge on any atom is -0.503 e. The fourth-order valence-electron chi connectivity index (χ4n) is 5.75. The smallest absolute Gasteiger partial charge is 0.290 e. The Morgan fingerprint density at radius 1 is 1.11 bits per heavy atom. The summed E-state index contributed by atoms with van der Waals surface area (Å²) in [5.74, 6) is -0.899. The van der Waals surface area contributed by atoms with Crippen molar-refractivity contribution in [3.8, 4) is 5.75 Å². The van der Waals surface area contributed by atoms with Gasteiger partial charge in [-0.15, -0.1) is 0 Å². The lowest BCUT2D eigenvalue weighted by Gasteiger charge is -2.31. The van der Waals surface area contributed by atoms with Gasteiger partial charge < -0.3 is 23.7 Å². The standard InChI is InChI=1S/C28H26N2O5/c1-29-15-19(18-11-5-6-12-20(18)29)24-23(26(32)28(33)30(24)17-9-3-4-10-17)25(31)22-14-16-8-7-13-21(34-2)27(16)35-22/h5-8,11-15,17,24,32H,3-4,9-10H2,1-2H3. The summed E-state index contributed by atoms with van der Waals surface area (Å²) < 4.78 is 13.3. The lowest BCUT2D eigenvalue weighted by molar-refractivity contribution is -0.131. The Bertz CT molecular complexity index is 1520. The maximum atomic E-state index is 13.9. The van der Waals surface area contributed by atoms with Crippen molar-refractivity contribution in [2.24, 2.45) is 7.05 Å². The number of amides is 1. The molecule has 1 amide bonds. The van der Waals surface area contributed by atoms with Crippen LogP contribution in [0.2, 0.25) is 0 Å². The number of furan rings is 1. The van der Waals surface area contributed by atoms with E-state index in [4.69, 9.17) is 9.15 Å². The number of carbonyl (C=O) groups excluding carboxylic acids is 2. The monoisotopic (exact) mass is 470 g/mol. The molecule has 1 saturated carbocycles. The van der Waals surface area contributed by atoms with Crippen molar-refractivity contribution in [1.82, 2.24) is 9.47 Å². The molecular weight excluding hydrogens is 444 g/mol. The number of hydrogen-bond donors (Lipinski definition) is 1. The fraction of sp³-hybridized carbons (Fsp3) is 0.286. The number of aliphatic hydroxyl groups is 1. The van der Waals surface area contributed by atoms with Gasteiger partial charge in [0.05, 0.1) is 18.7 Å². The molecule has 1 aliphatic heterocycles. The summed E-state index contributed by atoms with van der Waals surface area (Å²) in [5, 5.41) is 12.8. The third-order valence-corrected chi connectivity index (χ3v) is 7.38. The average Bonchev–Trinajstić information content (AvgIpc) is 3.65. The minimum atomic E-state index is -0.695. The van der Waals surface area contributed by atoms with Crippen molar-refractivity contribution in [2.45, 2.75) is 37.8 Å². The molecule has 7 heteroatoms. The number of para-hydroxylation sites is 2. The van der Waals surface area contributed by atoms with E-state index in [9.17, 15) is 14.7 Å². The van der Waals surface area contributed by atoms with E-state index in [1.165, 1.54) is 0 Å². The van der Waals surface area contributed by atoms with E-state index >= 15 is 0 Å². The SMILES string of the molecule is COc1cccc2cc(C(=O)C3=C(O)C(=O)N(C4CCCC4)C3c3cn(C)c4ccccc34)oc12. The van der Waals surface area contributed by atoms with E-state index in [2.05, 4.69) is 0 Å². The number of benzene rings is 2. The highest BCUT2D eigenvalue weighted by Crippen LogP contribution is 2.46. The first-order valence-electron chi connectivity index (χ1n) is 11.9. The van der Waals surface area contributed by atoms with Crippen molar-refractivity contribution >= 4 is 33.6 Å². The third kappa shape index (κ3) is 3.18. The Morgan fingerprint density at radius 3 is 2.66 bits per heavy atom. The summed E-state index contributed by atoms with van der Waals surface area (Å²) in [4.78, 5) is 29.1. The molecule has 0 saturated heterocycles. The molecule has 7 nitrogen and oxygen atoms in total. The van der Waals surface area contributed by atoms with E-state index in [0.29, 0.717) is 16.7 Å². The summed E-state index contributed by atoms with van der Waals surface area (Å²) in [6.07, 6.45) is 5.69. The van der Waals surface area contributed by atoms with Gasteiger partial charge in [-0.2, -0.15) is 0 Å². The van der Waals surface area contributed by atoms with Crippen LogP contribution < -0.4 is 4.74 Å². The van der Waals surface area contributed by atoms with Crippen LogP contribution in [0.15, 0.2) is 70.5 Å². The fourth-order valence-corrected chi connectivity index (χ4v) is 5.75. The number of rotatable bonds is 5. The molecule has 178 valence electrons. The molecule has 2 aromatic carbocycles. The molecule has 1 unspecified atom stereocenters. The van der Waals surface area contributed by atoms with Gasteiger partial charge in [0.1, 0.15) is 0 Å². The number of aryl methyl sites for hydroxylation is 1. The van der Waals surface area contributed by atoms with Crippen LogP contribution in [0.5, 0.6) is 5.75 Å². The molecule has 1 N–H and O–H groups in total. The van der Waals surface area contributed by atoms with Gasteiger partial charge in [-0.3, -0.25) is 9.59 Å². The van der Waals surface area contributed by atoms with E-state index < -0.39 is 23.5 Å². The molecule has 1 atom stereocenters. The van der Waals surface area contributed by atoms with E-state index in [0.717, 1.165) is 42.1 Å². The van der Waals surface area contributed by atoms with Crippen LogP contribution in [0.4, 0.5) is 0 Å². The maximum Gasteiger partial charge on any atom is 0.290 e. The third-order valence-electron chi connectivity index (χ3n) is 7.38. The summed E-state index contributed by atoms with van der Waals surface area (Å²) in [7, 11) is 3.48. The average molecular weight is 471 g/mol. The van der Waals surface area contributed by atoms with Crippen LogP contribution in [0.1, 0.15) is 47.8 Å². The Morgan fingerprint density at radius 2 is 1.89 bits per heavy atom. The van der Waals surface area contributed by atoms with Crippen LogP contribution in [0.25, 0.3) is 21.9 Å². The maximum absolute atomic E-state index is 13.9. The Hall–Kier alpha value is -4.00. The number of nitrogens with zero attached hydrogens (tertiary/aromatic N) is 2. The van der Waals surface area contributed by atoms with Crippen molar-refractivity contribution in [3.63, 3.8) is 0 Å². The summed E-state index contributed by atoms with van der Waals surface area (Å²) in [6, 6.07) is 14.2. The molecule has 1 fully saturated rings. The quantitative estimate of drug-likeness (QED) is 0.392. The van der Waals surface area contributed by atoms with Gasteiger partial charge in [0.25, 0.3) is 5.91 Å². The predicted molar refractivity (Wildman–Crippen MR) is 132 cm³/mol. The normalized spacial score (nSPS) is 19.0. The zero-order valence-corrected chi connectivity index (χ0v) is 19.7. The highest BCUT2D eigenvalue weighted by atomic mass is 16.5. The molecule has 1 aliphatic carbocycles. The number of Topliss-reactive ketones (excluding diaryl/α,β-unsaturated/α-hetero) is 1. The molecule has 6 rings (SSSR count). The first kappa shape index (κ1) is 21.5. The van der Waals surface area contributed by atoms with E-state index in [1.807, 2.05) is 54.2 Å². The number of hydrogen-bond acceptors (Lipinski definition) is 5. The van der Waals surface area contributed by atoms with Crippen LogP contribution in [-0.4, -0.2) is 39.4 Å². The Kier molecular flexibility index (Phi) is 4.95. The summed E-state index contributed by atoms with van der Waals surface area (Å²) in [5.41, 5.74) is 2.34. The Labute approximate surface area is 202 Å². The highest BCUT2D eigenvalue weighted by molar-refractivity contribution is 6.16. The molecule has 35 heavy (non-hydrogen) atoms. The van der Waals surface area contributed by atoms with Gasteiger partial charge in [-0.1, -0.05) is 43.2 Å². The molecule has 3 heterocycles. The second-order valence-corrected chi connectivity index (χ2v) is 9.35. The van der Waals surface area contributed by atoms with E-state index in [-0.39, 0.29) is 17.4 Å². The van der Waals surface area contributed by atoms with Gasteiger partial charge in [0.15, 0.2) is 22.9 Å².